The van der Waals surface area contributed by atoms with Crippen LogP contribution in [0.1, 0.15) is 67.2 Å². The zero-order valence-corrected chi connectivity index (χ0v) is 19.0. The van der Waals surface area contributed by atoms with E-state index in [1.807, 2.05) is 14.0 Å². The van der Waals surface area contributed by atoms with Crippen LogP contribution in [0.15, 0.2) is 0 Å². The van der Waals surface area contributed by atoms with Crippen LogP contribution in [0.3, 0.4) is 0 Å². The van der Waals surface area contributed by atoms with E-state index in [1.54, 1.807) is 4.90 Å². The summed E-state index contributed by atoms with van der Waals surface area (Å²) in [7, 11) is 1.86. The van der Waals surface area contributed by atoms with Crippen molar-refractivity contribution in [2.45, 2.75) is 67.2 Å². The maximum atomic E-state index is 12.4. The van der Waals surface area contributed by atoms with Crippen LogP contribution in [-0.4, -0.2) is 64.0 Å². The smallest absolute Gasteiger partial charge is 0.225 e. The largest absolute Gasteiger partial charge is 0.379 e. The lowest BCUT2D eigenvalue weighted by molar-refractivity contribution is -0.136. The highest BCUT2D eigenvalue weighted by Gasteiger charge is 2.22. The Balaban J connectivity index is 3.52. The summed E-state index contributed by atoms with van der Waals surface area (Å²) in [4.78, 5) is 14.1. The Morgan fingerprint density at radius 2 is 1.44 bits per heavy atom. The van der Waals surface area contributed by atoms with E-state index in [2.05, 4.69) is 34.6 Å². The molecule has 0 aromatic carbocycles. The Labute approximate surface area is 168 Å². The Bertz CT molecular complexity index is 368. The molecule has 0 heterocycles. The van der Waals surface area contributed by atoms with E-state index in [1.165, 1.54) is 6.42 Å². The summed E-state index contributed by atoms with van der Waals surface area (Å²) in [5.74, 6) is 0.705. The molecule has 0 rings (SSSR count). The third-order valence-electron chi connectivity index (χ3n) is 4.89. The number of nitrogens with zero attached hydrogens (tertiary/aromatic N) is 1. The number of amides is 1. The van der Waals surface area contributed by atoms with Crippen molar-refractivity contribution >= 4 is 5.91 Å². The molecule has 0 aliphatic rings. The molecule has 0 aromatic heterocycles. The molecule has 0 aliphatic carbocycles. The fourth-order valence-corrected chi connectivity index (χ4v) is 2.85. The molecule has 27 heavy (non-hydrogen) atoms. The minimum absolute atomic E-state index is 0.0710. The van der Waals surface area contributed by atoms with Gasteiger partial charge < -0.3 is 19.1 Å². The molecular weight excluding hydrogens is 342 g/mol. The quantitative estimate of drug-likeness (QED) is 0.369. The van der Waals surface area contributed by atoms with E-state index in [9.17, 15) is 4.79 Å². The summed E-state index contributed by atoms with van der Waals surface area (Å²) in [6, 6.07) is 0. The average molecular weight is 388 g/mol. The number of ether oxygens (including phenoxy) is 3. The van der Waals surface area contributed by atoms with E-state index >= 15 is 0 Å². The standard InChI is InChI=1S/C22H45NO4/c1-8-10-19(2)20(3)21(24)23(7)12-14-26-16-18-27-17-15-25-13-9-11-22(4,5)6/h19-20H,8-18H2,1-7H3. The predicted octanol–water partition coefficient (Wildman–Crippen LogP) is 4.39. The van der Waals surface area contributed by atoms with Crippen molar-refractivity contribution in [3.05, 3.63) is 0 Å². The molecule has 2 atom stereocenters. The first-order chi connectivity index (χ1) is 12.7. The van der Waals surface area contributed by atoms with Gasteiger partial charge in [0.2, 0.25) is 5.91 Å². The Morgan fingerprint density at radius 3 is 1.96 bits per heavy atom. The second-order valence-electron chi connectivity index (χ2n) is 8.82. The first kappa shape index (κ1) is 26.4. The van der Waals surface area contributed by atoms with Gasteiger partial charge in [-0.1, -0.05) is 54.4 Å². The van der Waals surface area contributed by atoms with Crippen molar-refractivity contribution in [2.75, 3.05) is 53.2 Å². The van der Waals surface area contributed by atoms with Gasteiger partial charge in [-0.05, 0) is 24.2 Å². The van der Waals surface area contributed by atoms with Gasteiger partial charge in [0.05, 0.1) is 33.0 Å². The number of hydrogen-bond donors (Lipinski definition) is 0. The van der Waals surface area contributed by atoms with Crippen LogP contribution >= 0.6 is 0 Å². The molecule has 5 heteroatoms. The topological polar surface area (TPSA) is 48.0 Å². The minimum Gasteiger partial charge on any atom is -0.379 e. The SMILES string of the molecule is CCCC(C)C(C)C(=O)N(C)CCOCCOCCOCCCC(C)(C)C. The molecule has 0 spiro atoms. The Morgan fingerprint density at radius 1 is 0.926 bits per heavy atom. The third-order valence-corrected chi connectivity index (χ3v) is 4.89. The van der Waals surface area contributed by atoms with Crippen molar-refractivity contribution in [1.29, 1.82) is 0 Å². The molecular formula is C22H45NO4. The summed E-state index contributed by atoms with van der Waals surface area (Å²) in [5.41, 5.74) is 0.377. The Hall–Kier alpha value is -0.650. The summed E-state index contributed by atoms with van der Waals surface area (Å²) < 4.78 is 16.6. The van der Waals surface area contributed by atoms with Crippen molar-refractivity contribution < 1.29 is 19.0 Å². The zero-order chi connectivity index (χ0) is 20.7. The molecule has 0 bridgehead atoms. The van der Waals surface area contributed by atoms with E-state index in [0.29, 0.717) is 50.9 Å². The molecule has 0 aromatic rings. The number of rotatable bonds is 16. The molecule has 0 aliphatic heterocycles. The molecule has 5 nitrogen and oxygen atoms in total. The average Bonchev–Trinajstić information content (AvgIpc) is 2.60. The molecule has 162 valence electrons. The van der Waals surface area contributed by atoms with Crippen LogP contribution in [-0.2, 0) is 19.0 Å². The van der Waals surface area contributed by atoms with Gasteiger partial charge in [-0.15, -0.1) is 0 Å². The second-order valence-corrected chi connectivity index (χ2v) is 8.82. The second kappa shape index (κ2) is 15.3. The summed E-state index contributed by atoms with van der Waals surface area (Å²) in [6.45, 7) is 17.4. The van der Waals surface area contributed by atoms with Crippen LogP contribution < -0.4 is 0 Å². The highest BCUT2D eigenvalue weighted by molar-refractivity contribution is 5.78. The molecule has 0 radical (unpaired) electrons. The molecule has 0 saturated heterocycles. The van der Waals surface area contributed by atoms with E-state index < -0.39 is 0 Å². The molecule has 0 saturated carbocycles. The van der Waals surface area contributed by atoms with Gasteiger partial charge in [-0.3, -0.25) is 4.79 Å². The van der Waals surface area contributed by atoms with Gasteiger partial charge in [0.15, 0.2) is 0 Å². The van der Waals surface area contributed by atoms with Crippen LogP contribution in [0.4, 0.5) is 0 Å². The van der Waals surface area contributed by atoms with Gasteiger partial charge in [0, 0.05) is 26.1 Å². The highest BCUT2D eigenvalue weighted by atomic mass is 16.5. The van der Waals surface area contributed by atoms with Crippen LogP contribution in [0.25, 0.3) is 0 Å². The first-order valence-electron chi connectivity index (χ1n) is 10.7. The van der Waals surface area contributed by atoms with Crippen molar-refractivity contribution in [2.24, 2.45) is 17.3 Å². The van der Waals surface area contributed by atoms with Crippen molar-refractivity contribution in [3.63, 3.8) is 0 Å². The highest BCUT2D eigenvalue weighted by Crippen LogP contribution is 2.20. The van der Waals surface area contributed by atoms with E-state index in [-0.39, 0.29) is 11.8 Å². The zero-order valence-electron chi connectivity index (χ0n) is 19.0. The number of carbonyl (C=O) groups is 1. The van der Waals surface area contributed by atoms with Crippen LogP contribution in [0, 0.1) is 17.3 Å². The lowest BCUT2D eigenvalue weighted by Gasteiger charge is -2.25. The Kier molecular flexibility index (Phi) is 14.9. The number of carbonyl (C=O) groups excluding carboxylic acids is 1. The summed E-state index contributed by atoms with van der Waals surface area (Å²) in [6.07, 6.45) is 4.48. The van der Waals surface area contributed by atoms with Crippen molar-refractivity contribution in [1.82, 2.24) is 4.90 Å². The lowest BCUT2D eigenvalue weighted by Crippen LogP contribution is -2.36. The third kappa shape index (κ3) is 15.0. The van der Waals surface area contributed by atoms with Crippen LogP contribution in [0.2, 0.25) is 0 Å². The minimum atomic E-state index is 0.0710. The fourth-order valence-electron chi connectivity index (χ4n) is 2.85. The molecule has 2 unspecified atom stereocenters. The first-order valence-corrected chi connectivity index (χ1v) is 10.7. The summed E-state index contributed by atoms with van der Waals surface area (Å²) in [5, 5.41) is 0. The van der Waals surface area contributed by atoms with Gasteiger partial charge >= 0.3 is 0 Å². The number of hydrogen-bond acceptors (Lipinski definition) is 4. The normalized spacial score (nSPS) is 14.2. The summed E-state index contributed by atoms with van der Waals surface area (Å²) >= 11 is 0. The fraction of sp³-hybridized carbons (Fsp3) is 0.955. The number of likely N-dealkylation sites (N-methyl/N-ethyl adjacent to an activating group) is 1. The maximum Gasteiger partial charge on any atom is 0.225 e. The van der Waals surface area contributed by atoms with Gasteiger partial charge in [0.25, 0.3) is 0 Å². The lowest BCUT2D eigenvalue weighted by atomic mass is 9.91. The monoisotopic (exact) mass is 387 g/mol. The van der Waals surface area contributed by atoms with Gasteiger partial charge in [0.1, 0.15) is 0 Å². The van der Waals surface area contributed by atoms with Crippen molar-refractivity contribution in [3.8, 4) is 0 Å². The van der Waals surface area contributed by atoms with Gasteiger partial charge in [-0.25, -0.2) is 0 Å². The molecule has 0 fully saturated rings. The predicted molar refractivity (Wildman–Crippen MR) is 112 cm³/mol. The maximum absolute atomic E-state index is 12.4. The van der Waals surface area contributed by atoms with E-state index in [0.717, 1.165) is 25.9 Å². The van der Waals surface area contributed by atoms with Gasteiger partial charge in [-0.2, -0.15) is 0 Å². The van der Waals surface area contributed by atoms with E-state index in [4.69, 9.17) is 14.2 Å². The molecule has 1 amide bonds. The molecule has 0 N–H and O–H groups in total. The van der Waals surface area contributed by atoms with Crippen LogP contribution in [0.5, 0.6) is 0 Å².